The number of carbonyl (C=O) groups is 1. The van der Waals surface area contributed by atoms with Crippen LogP contribution in [0, 0.1) is 0 Å². The number of hydrogen-bond acceptors (Lipinski definition) is 5. The highest BCUT2D eigenvalue weighted by molar-refractivity contribution is 5.92. The molecule has 1 aliphatic rings. The van der Waals surface area contributed by atoms with Crippen molar-refractivity contribution < 1.29 is 9.32 Å². The maximum Gasteiger partial charge on any atom is 0.276 e. The van der Waals surface area contributed by atoms with E-state index in [1.54, 1.807) is 17.0 Å². The molecule has 0 unspecified atom stereocenters. The molecule has 1 fully saturated rings. The Morgan fingerprint density at radius 3 is 2.74 bits per heavy atom. The molecule has 7 heteroatoms. The molecule has 2 N–H and O–H groups in total. The van der Waals surface area contributed by atoms with Crippen LogP contribution in [-0.2, 0) is 0 Å². The molecule has 2 aromatic rings. The third kappa shape index (κ3) is 2.31. The van der Waals surface area contributed by atoms with Crippen LogP contribution in [0.1, 0.15) is 29.4 Å². The lowest BCUT2D eigenvalue weighted by Crippen LogP contribution is -2.39. The number of piperidine rings is 1. The van der Waals surface area contributed by atoms with E-state index in [-0.39, 0.29) is 5.91 Å². The maximum atomic E-state index is 12.1. The van der Waals surface area contributed by atoms with Crippen LogP contribution in [0.15, 0.2) is 29.1 Å². The summed E-state index contributed by atoms with van der Waals surface area (Å²) in [7, 11) is 0. The van der Waals surface area contributed by atoms with E-state index in [1.807, 2.05) is 10.9 Å². The molecule has 1 saturated heterocycles. The van der Waals surface area contributed by atoms with Crippen LogP contribution >= 0.6 is 0 Å². The van der Waals surface area contributed by atoms with E-state index in [2.05, 4.69) is 10.3 Å². The molecule has 1 aliphatic heterocycles. The van der Waals surface area contributed by atoms with E-state index in [0.29, 0.717) is 30.6 Å². The molecule has 3 heterocycles. The topological polar surface area (TPSA) is 90.2 Å². The van der Waals surface area contributed by atoms with E-state index in [0.717, 1.165) is 12.8 Å². The average Bonchev–Trinajstić information content (AvgIpc) is 3.09. The summed E-state index contributed by atoms with van der Waals surface area (Å²) in [5.74, 6) is 0.452. The fourth-order valence-corrected chi connectivity index (χ4v) is 2.37. The van der Waals surface area contributed by atoms with Gasteiger partial charge >= 0.3 is 0 Å². The van der Waals surface area contributed by atoms with Gasteiger partial charge in [0.2, 0.25) is 0 Å². The molecule has 0 radical (unpaired) electrons. The summed E-state index contributed by atoms with van der Waals surface area (Å²) in [6, 6.07) is 3.67. The van der Waals surface area contributed by atoms with Gasteiger partial charge in [-0.3, -0.25) is 9.48 Å². The molecular weight excluding hydrogens is 246 g/mol. The number of hydrogen-bond donors (Lipinski definition) is 1. The first-order valence-corrected chi connectivity index (χ1v) is 6.24. The van der Waals surface area contributed by atoms with Crippen molar-refractivity contribution in [2.24, 2.45) is 0 Å². The predicted molar refractivity (Wildman–Crippen MR) is 67.3 cm³/mol. The normalized spacial score (nSPS) is 16.7. The van der Waals surface area contributed by atoms with Crippen molar-refractivity contribution in [2.75, 3.05) is 18.8 Å². The molecule has 0 aliphatic carbocycles. The van der Waals surface area contributed by atoms with E-state index in [4.69, 9.17) is 10.3 Å². The Balaban J connectivity index is 1.62. The minimum absolute atomic E-state index is 0.0767. The predicted octanol–water partition coefficient (Wildman–Crippen LogP) is 0.931. The Morgan fingerprint density at radius 2 is 2.16 bits per heavy atom. The molecule has 0 bridgehead atoms. The van der Waals surface area contributed by atoms with Crippen LogP contribution < -0.4 is 5.73 Å². The van der Waals surface area contributed by atoms with Crippen LogP contribution in [-0.4, -0.2) is 38.8 Å². The lowest BCUT2D eigenvalue weighted by Gasteiger charge is -2.31. The molecule has 3 rings (SSSR count). The van der Waals surface area contributed by atoms with Crippen LogP contribution in [0.3, 0.4) is 0 Å². The van der Waals surface area contributed by atoms with Gasteiger partial charge in [-0.15, -0.1) is 0 Å². The summed E-state index contributed by atoms with van der Waals surface area (Å²) in [6.45, 7) is 1.38. The van der Waals surface area contributed by atoms with Gasteiger partial charge in [-0.05, 0) is 18.9 Å². The van der Waals surface area contributed by atoms with Crippen molar-refractivity contribution in [3.05, 3.63) is 30.3 Å². The summed E-state index contributed by atoms with van der Waals surface area (Å²) in [5, 5.41) is 7.89. The van der Waals surface area contributed by atoms with Crippen LogP contribution in [0.5, 0.6) is 0 Å². The molecule has 7 nitrogen and oxygen atoms in total. The highest BCUT2D eigenvalue weighted by Crippen LogP contribution is 2.23. The van der Waals surface area contributed by atoms with Crippen LogP contribution in [0.25, 0.3) is 0 Å². The highest BCUT2D eigenvalue weighted by Gasteiger charge is 2.26. The zero-order chi connectivity index (χ0) is 13.2. The molecule has 19 heavy (non-hydrogen) atoms. The first-order valence-electron chi connectivity index (χ1n) is 6.24. The van der Waals surface area contributed by atoms with Gasteiger partial charge in [-0.25, -0.2) is 0 Å². The monoisotopic (exact) mass is 261 g/mol. The van der Waals surface area contributed by atoms with Crippen molar-refractivity contribution in [3.8, 4) is 0 Å². The van der Waals surface area contributed by atoms with Crippen molar-refractivity contribution in [1.29, 1.82) is 0 Å². The van der Waals surface area contributed by atoms with Gasteiger partial charge in [0.1, 0.15) is 12.1 Å². The second-order valence-corrected chi connectivity index (χ2v) is 4.63. The SMILES string of the molecule is Nc1ccn(C2CCN(C(=O)c3ccon3)CC2)n1. The number of amides is 1. The van der Waals surface area contributed by atoms with Gasteiger partial charge in [0.15, 0.2) is 5.69 Å². The van der Waals surface area contributed by atoms with Gasteiger partial charge in [-0.2, -0.15) is 5.10 Å². The number of rotatable bonds is 2. The van der Waals surface area contributed by atoms with E-state index >= 15 is 0 Å². The van der Waals surface area contributed by atoms with Gasteiger partial charge in [0, 0.05) is 25.4 Å². The van der Waals surface area contributed by atoms with Gasteiger partial charge in [0.05, 0.1) is 6.04 Å². The number of carbonyl (C=O) groups excluding carboxylic acids is 1. The van der Waals surface area contributed by atoms with Crippen molar-refractivity contribution in [2.45, 2.75) is 18.9 Å². The molecule has 0 aromatic carbocycles. The van der Waals surface area contributed by atoms with Crippen molar-refractivity contribution in [3.63, 3.8) is 0 Å². The average molecular weight is 261 g/mol. The second kappa shape index (κ2) is 4.75. The standard InChI is InChI=1S/C12H15N5O2/c13-11-3-7-17(14-11)9-1-5-16(6-2-9)12(18)10-4-8-19-15-10/h3-4,7-9H,1-2,5-6H2,(H2,13,14). The number of likely N-dealkylation sites (tertiary alicyclic amines) is 1. The lowest BCUT2D eigenvalue weighted by molar-refractivity contribution is 0.0679. The largest absolute Gasteiger partial charge is 0.382 e. The number of aromatic nitrogens is 3. The third-order valence-electron chi connectivity index (χ3n) is 3.41. The van der Waals surface area contributed by atoms with Crippen LogP contribution in [0.2, 0.25) is 0 Å². The van der Waals surface area contributed by atoms with Crippen molar-refractivity contribution >= 4 is 11.7 Å². The van der Waals surface area contributed by atoms with E-state index in [1.165, 1.54) is 6.26 Å². The number of nitrogens with zero attached hydrogens (tertiary/aromatic N) is 4. The number of nitrogens with two attached hydrogens (primary N) is 1. The number of anilines is 1. The Kier molecular flexibility index (Phi) is 2.94. The fourth-order valence-electron chi connectivity index (χ4n) is 2.37. The zero-order valence-corrected chi connectivity index (χ0v) is 10.4. The van der Waals surface area contributed by atoms with Crippen molar-refractivity contribution in [1.82, 2.24) is 19.8 Å². The van der Waals surface area contributed by atoms with E-state index in [9.17, 15) is 4.79 Å². The molecule has 100 valence electrons. The van der Waals surface area contributed by atoms with E-state index < -0.39 is 0 Å². The van der Waals surface area contributed by atoms with Gasteiger partial charge < -0.3 is 15.2 Å². The highest BCUT2D eigenvalue weighted by atomic mass is 16.5. The summed E-state index contributed by atoms with van der Waals surface area (Å²) in [6.07, 6.45) is 5.02. The molecular formula is C12H15N5O2. The fraction of sp³-hybridized carbons (Fsp3) is 0.417. The molecule has 2 aromatic heterocycles. The summed E-state index contributed by atoms with van der Waals surface area (Å²) in [5.41, 5.74) is 5.97. The quantitative estimate of drug-likeness (QED) is 0.868. The lowest BCUT2D eigenvalue weighted by atomic mass is 10.1. The smallest absolute Gasteiger partial charge is 0.276 e. The van der Waals surface area contributed by atoms with Gasteiger partial charge in [-0.1, -0.05) is 5.16 Å². The third-order valence-corrected chi connectivity index (χ3v) is 3.41. The molecule has 0 spiro atoms. The Labute approximate surface area is 110 Å². The Hall–Kier alpha value is -2.31. The molecule has 0 saturated carbocycles. The second-order valence-electron chi connectivity index (χ2n) is 4.63. The molecule has 0 atom stereocenters. The first kappa shape index (κ1) is 11.8. The van der Waals surface area contributed by atoms with Gasteiger partial charge in [0.25, 0.3) is 5.91 Å². The summed E-state index contributed by atoms with van der Waals surface area (Å²) < 4.78 is 6.58. The zero-order valence-electron chi connectivity index (χ0n) is 10.4. The Bertz CT molecular complexity index is 554. The molecule has 1 amide bonds. The summed E-state index contributed by atoms with van der Waals surface area (Å²) in [4.78, 5) is 13.9. The minimum atomic E-state index is -0.0767. The minimum Gasteiger partial charge on any atom is -0.382 e. The van der Waals surface area contributed by atoms with Crippen LogP contribution in [0.4, 0.5) is 5.82 Å². The Morgan fingerprint density at radius 1 is 1.37 bits per heavy atom. The first-order chi connectivity index (χ1) is 9.24. The number of nitrogen functional groups attached to an aromatic ring is 1. The summed E-state index contributed by atoms with van der Waals surface area (Å²) >= 11 is 0. The maximum absolute atomic E-state index is 12.1.